The number of fused-ring (bicyclic) bond motifs is 6. The van der Waals surface area contributed by atoms with Crippen molar-refractivity contribution in [1.29, 1.82) is 0 Å². The Bertz CT molecular complexity index is 339. The smallest absolute Gasteiger partial charge is 0.0223 e. The molecule has 5 unspecified atom stereocenters. The third-order valence-electron chi connectivity index (χ3n) is 6.99. The number of hydrogen-bond donors (Lipinski definition) is 0. The Hall–Kier alpha value is -0.0800. The zero-order valence-electron chi connectivity index (χ0n) is 11.4. The van der Waals surface area contributed by atoms with Crippen LogP contribution in [0.3, 0.4) is 0 Å². The van der Waals surface area contributed by atoms with Gasteiger partial charge in [0.2, 0.25) is 0 Å². The molecule has 2 heterocycles. The minimum absolute atomic E-state index is 0.923. The molecule has 0 amide bonds. The van der Waals surface area contributed by atoms with Crippen LogP contribution in [0, 0.1) is 23.7 Å². The molecule has 5 rings (SSSR count). The van der Waals surface area contributed by atoms with Gasteiger partial charge < -0.3 is 0 Å². The maximum atomic E-state index is 2.92. The summed E-state index contributed by atoms with van der Waals surface area (Å²) in [5.41, 5.74) is 0. The van der Waals surface area contributed by atoms with Crippen LogP contribution in [0.2, 0.25) is 0 Å². The molecule has 5 atom stereocenters. The molecule has 5 fully saturated rings. The molecule has 2 nitrogen and oxygen atoms in total. The third-order valence-corrected chi connectivity index (χ3v) is 6.99. The lowest BCUT2D eigenvalue weighted by atomic mass is 9.98. The molecule has 2 bridgehead atoms. The first-order valence-electron chi connectivity index (χ1n) is 8.40. The molecule has 18 heavy (non-hydrogen) atoms. The van der Waals surface area contributed by atoms with E-state index >= 15 is 0 Å². The standard InChI is InChI=1S/C16H26N2/c1-2-6-17-7-8-18(10-13(17)3-1)16-14-11-4-5-12(9-11)15(14)16/h11-16H,1-10H2. The summed E-state index contributed by atoms with van der Waals surface area (Å²) < 4.78 is 0. The van der Waals surface area contributed by atoms with Crippen molar-refractivity contribution in [3.8, 4) is 0 Å². The van der Waals surface area contributed by atoms with Crippen molar-refractivity contribution in [2.75, 3.05) is 26.2 Å². The average molecular weight is 246 g/mol. The summed E-state index contributed by atoms with van der Waals surface area (Å²) >= 11 is 0. The number of piperidine rings is 1. The first-order valence-corrected chi connectivity index (χ1v) is 8.40. The lowest BCUT2D eigenvalue weighted by Crippen LogP contribution is -2.55. The molecule has 0 spiro atoms. The zero-order chi connectivity index (χ0) is 11.7. The van der Waals surface area contributed by atoms with Crippen LogP contribution < -0.4 is 0 Å². The van der Waals surface area contributed by atoms with Gasteiger partial charge in [-0.05, 0) is 62.3 Å². The molecule has 100 valence electrons. The maximum Gasteiger partial charge on any atom is 0.0223 e. The summed E-state index contributed by atoms with van der Waals surface area (Å²) in [6, 6.07) is 1.96. The molecule has 3 aliphatic carbocycles. The molecule has 2 aliphatic heterocycles. The van der Waals surface area contributed by atoms with E-state index in [2.05, 4.69) is 9.80 Å². The van der Waals surface area contributed by atoms with Gasteiger partial charge in [-0.15, -0.1) is 0 Å². The van der Waals surface area contributed by atoms with E-state index in [-0.39, 0.29) is 0 Å². The first-order chi connectivity index (χ1) is 8.92. The van der Waals surface area contributed by atoms with Gasteiger partial charge in [0, 0.05) is 31.7 Å². The Labute approximate surface area is 111 Å². The minimum atomic E-state index is 0.923. The molecule has 2 saturated heterocycles. The Morgan fingerprint density at radius 2 is 1.50 bits per heavy atom. The van der Waals surface area contributed by atoms with Gasteiger partial charge in [0.1, 0.15) is 0 Å². The van der Waals surface area contributed by atoms with Gasteiger partial charge in [0.15, 0.2) is 0 Å². The second-order valence-electron chi connectivity index (χ2n) is 7.66. The van der Waals surface area contributed by atoms with Gasteiger partial charge in [-0.3, -0.25) is 9.80 Å². The van der Waals surface area contributed by atoms with Gasteiger partial charge >= 0.3 is 0 Å². The van der Waals surface area contributed by atoms with E-state index in [4.69, 9.17) is 0 Å². The molecule has 0 aromatic rings. The van der Waals surface area contributed by atoms with E-state index < -0.39 is 0 Å². The Kier molecular flexibility index (Phi) is 2.21. The molecule has 3 saturated carbocycles. The normalized spacial score (nSPS) is 55.3. The second kappa shape index (κ2) is 3.73. The van der Waals surface area contributed by atoms with Crippen molar-refractivity contribution in [3.63, 3.8) is 0 Å². The minimum Gasteiger partial charge on any atom is -0.298 e. The van der Waals surface area contributed by atoms with Gasteiger partial charge in [-0.2, -0.15) is 0 Å². The van der Waals surface area contributed by atoms with Crippen molar-refractivity contribution in [2.45, 2.75) is 50.6 Å². The quantitative estimate of drug-likeness (QED) is 0.700. The van der Waals surface area contributed by atoms with E-state index in [0.29, 0.717) is 0 Å². The summed E-state index contributed by atoms with van der Waals surface area (Å²) in [7, 11) is 0. The maximum absolute atomic E-state index is 2.92. The number of rotatable bonds is 1. The van der Waals surface area contributed by atoms with Crippen molar-refractivity contribution in [2.24, 2.45) is 23.7 Å². The van der Waals surface area contributed by atoms with Gasteiger partial charge in [0.05, 0.1) is 0 Å². The number of hydrogen-bond acceptors (Lipinski definition) is 2. The first kappa shape index (κ1) is 10.7. The lowest BCUT2D eigenvalue weighted by molar-refractivity contribution is 0.0373. The van der Waals surface area contributed by atoms with Crippen LogP contribution >= 0.6 is 0 Å². The predicted octanol–water partition coefficient (Wildman–Crippen LogP) is 2.20. The predicted molar refractivity (Wildman–Crippen MR) is 72.4 cm³/mol. The van der Waals surface area contributed by atoms with Crippen molar-refractivity contribution < 1.29 is 0 Å². The molecule has 0 radical (unpaired) electrons. The van der Waals surface area contributed by atoms with Crippen molar-refractivity contribution in [1.82, 2.24) is 9.80 Å². The van der Waals surface area contributed by atoms with E-state index in [9.17, 15) is 0 Å². The molecular weight excluding hydrogens is 220 g/mol. The van der Waals surface area contributed by atoms with E-state index in [1.807, 2.05) is 0 Å². The van der Waals surface area contributed by atoms with Crippen LogP contribution in [0.5, 0.6) is 0 Å². The largest absolute Gasteiger partial charge is 0.298 e. The zero-order valence-corrected chi connectivity index (χ0v) is 11.4. The number of piperazine rings is 1. The van der Waals surface area contributed by atoms with Crippen LogP contribution in [0.4, 0.5) is 0 Å². The van der Waals surface area contributed by atoms with Gasteiger partial charge in [-0.25, -0.2) is 0 Å². The van der Waals surface area contributed by atoms with Crippen LogP contribution in [0.15, 0.2) is 0 Å². The molecule has 0 aromatic heterocycles. The van der Waals surface area contributed by atoms with Crippen molar-refractivity contribution in [3.05, 3.63) is 0 Å². The summed E-state index contributed by atoms with van der Waals surface area (Å²) in [5.74, 6) is 4.60. The third kappa shape index (κ3) is 1.37. The number of nitrogens with zero attached hydrogens (tertiary/aromatic N) is 2. The van der Waals surface area contributed by atoms with Crippen LogP contribution in [0.25, 0.3) is 0 Å². The Morgan fingerprint density at radius 3 is 2.33 bits per heavy atom. The highest BCUT2D eigenvalue weighted by Gasteiger charge is 2.66. The highest BCUT2D eigenvalue weighted by molar-refractivity contribution is 5.18. The molecule has 0 N–H and O–H groups in total. The molecule has 5 aliphatic rings. The Morgan fingerprint density at radius 1 is 0.722 bits per heavy atom. The van der Waals surface area contributed by atoms with E-state index in [1.54, 1.807) is 19.3 Å². The summed E-state index contributed by atoms with van der Waals surface area (Å²) in [6.45, 7) is 5.56. The fraction of sp³-hybridized carbons (Fsp3) is 1.00. The second-order valence-corrected chi connectivity index (χ2v) is 7.66. The molecule has 2 heteroatoms. The van der Waals surface area contributed by atoms with Crippen molar-refractivity contribution >= 4 is 0 Å². The van der Waals surface area contributed by atoms with E-state index in [0.717, 1.165) is 35.8 Å². The van der Waals surface area contributed by atoms with E-state index in [1.165, 1.54) is 45.4 Å². The summed E-state index contributed by atoms with van der Waals surface area (Å²) in [4.78, 5) is 5.71. The fourth-order valence-electron chi connectivity index (χ4n) is 6.22. The molecular formula is C16H26N2. The van der Waals surface area contributed by atoms with Gasteiger partial charge in [0.25, 0.3) is 0 Å². The summed E-state index contributed by atoms with van der Waals surface area (Å²) in [5, 5.41) is 0. The fourth-order valence-corrected chi connectivity index (χ4v) is 6.22. The monoisotopic (exact) mass is 246 g/mol. The average Bonchev–Trinajstić information content (AvgIpc) is 2.86. The SMILES string of the molecule is C1CCN2CCN(C3C4C5CCC(C5)C43)CC2C1. The van der Waals surface area contributed by atoms with Gasteiger partial charge in [-0.1, -0.05) is 6.42 Å². The lowest BCUT2D eigenvalue weighted by Gasteiger charge is -2.44. The highest BCUT2D eigenvalue weighted by atomic mass is 15.3. The van der Waals surface area contributed by atoms with Crippen LogP contribution in [-0.2, 0) is 0 Å². The highest BCUT2D eigenvalue weighted by Crippen LogP contribution is 2.67. The summed E-state index contributed by atoms with van der Waals surface area (Å²) in [6.07, 6.45) is 9.17. The van der Waals surface area contributed by atoms with Crippen LogP contribution in [-0.4, -0.2) is 48.1 Å². The Balaban J connectivity index is 1.29. The topological polar surface area (TPSA) is 6.48 Å². The molecule has 0 aromatic carbocycles. The van der Waals surface area contributed by atoms with Crippen LogP contribution in [0.1, 0.15) is 38.5 Å².